The van der Waals surface area contributed by atoms with Crippen LogP contribution in [0.15, 0.2) is 40.9 Å². The van der Waals surface area contributed by atoms with E-state index in [0.717, 1.165) is 17.3 Å². The predicted octanol–water partition coefficient (Wildman–Crippen LogP) is 3.30. The van der Waals surface area contributed by atoms with Crippen LogP contribution in [0.1, 0.15) is 12.8 Å². The molecule has 0 spiro atoms. The Kier molecular flexibility index (Phi) is 3.85. The molecule has 2 bridgehead atoms. The highest BCUT2D eigenvalue weighted by atomic mass is 79.9. The zero-order valence-electron chi connectivity index (χ0n) is 11.3. The molecule has 4 atom stereocenters. The number of allylic oxidation sites excluding steroid dienone is 2. The summed E-state index contributed by atoms with van der Waals surface area (Å²) in [5.74, 6) is -2.18. The van der Waals surface area contributed by atoms with Crippen molar-refractivity contribution in [2.75, 3.05) is 5.32 Å². The summed E-state index contributed by atoms with van der Waals surface area (Å²) in [7, 11) is 0. The number of anilines is 1. The molecule has 1 amide bonds. The van der Waals surface area contributed by atoms with Crippen molar-refractivity contribution < 1.29 is 14.7 Å². The van der Waals surface area contributed by atoms with Gasteiger partial charge in [-0.15, -0.1) is 0 Å². The van der Waals surface area contributed by atoms with Crippen LogP contribution in [0, 0.1) is 23.7 Å². The van der Waals surface area contributed by atoms with E-state index in [1.54, 1.807) is 6.07 Å². The maximum atomic E-state index is 12.6. The number of nitrogens with one attached hydrogen (secondary N) is 1. The maximum Gasteiger partial charge on any atom is 0.307 e. The third kappa shape index (κ3) is 2.62. The summed E-state index contributed by atoms with van der Waals surface area (Å²) in [6.45, 7) is 0. The Morgan fingerprint density at radius 3 is 2.29 bits per heavy atom. The van der Waals surface area contributed by atoms with Gasteiger partial charge in [-0.1, -0.05) is 24.3 Å². The standard InChI is InChI=1S/C16H16BrNO3/c17-11-3-1-2-4-12(11)18-15(19)13-9-5-7-10(8-6-9)14(13)16(20)21/h1-5,7,9-10,13-14H,6,8H2,(H,18,19)(H,20,21). The van der Waals surface area contributed by atoms with E-state index >= 15 is 0 Å². The second kappa shape index (κ2) is 5.64. The van der Waals surface area contributed by atoms with E-state index in [2.05, 4.69) is 21.2 Å². The van der Waals surface area contributed by atoms with E-state index in [4.69, 9.17) is 0 Å². The average molecular weight is 350 g/mol. The Balaban J connectivity index is 1.85. The van der Waals surface area contributed by atoms with Crippen LogP contribution in [0.4, 0.5) is 5.69 Å². The van der Waals surface area contributed by atoms with Gasteiger partial charge in [-0.05, 0) is 52.7 Å². The molecule has 2 N–H and O–H groups in total. The van der Waals surface area contributed by atoms with E-state index in [0.29, 0.717) is 5.69 Å². The molecule has 1 aromatic carbocycles. The van der Waals surface area contributed by atoms with E-state index < -0.39 is 17.8 Å². The van der Waals surface area contributed by atoms with Gasteiger partial charge in [0.25, 0.3) is 0 Å². The lowest BCUT2D eigenvalue weighted by Crippen LogP contribution is -2.47. The molecule has 21 heavy (non-hydrogen) atoms. The summed E-state index contributed by atoms with van der Waals surface area (Å²) in [4.78, 5) is 24.2. The van der Waals surface area contributed by atoms with Crippen molar-refractivity contribution in [3.8, 4) is 0 Å². The smallest absolute Gasteiger partial charge is 0.307 e. The molecule has 1 aromatic rings. The molecule has 1 fully saturated rings. The number of aliphatic carboxylic acids is 1. The van der Waals surface area contributed by atoms with Gasteiger partial charge in [-0.2, -0.15) is 0 Å². The molecule has 3 aliphatic rings. The van der Waals surface area contributed by atoms with Crippen molar-refractivity contribution in [3.63, 3.8) is 0 Å². The van der Waals surface area contributed by atoms with Crippen LogP contribution in [0.25, 0.3) is 0 Å². The van der Waals surface area contributed by atoms with Crippen molar-refractivity contribution in [2.45, 2.75) is 12.8 Å². The Morgan fingerprint density at radius 1 is 1.10 bits per heavy atom. The second-order valence-electron chi connectivity index (χ2n) is 5.65. The number of hydrogen-bond donors (Lipinski definition) is 2. The number of para-hydroxylation sites is 1. The molecule has 0 radical (unpaired) electrons. The summed E-state index contributed by atoms with van der Waals surface area (Å²) in [5, 5.41) is 12.3. The number of rotatable bonds is 3. The molecule has 0 aliphatic heterocycles. The van der Waals surface area contributed by atoms with E-state index in [1.165, 1.54) is 0 Å². The number of carboxylic acids is 1. The Hall–Kier alpha value is -1.62. The van der Waals surface area contributed by atoms with E-state index in [-0.39, 0.29) is 17.7 Å². The highest BCUT2D eigenvalue weighted by molar-refractivity contribution is 9.10. The van der Waals surface area contributed by atoms with Gasteiger partial charge in [0.1, 0.15) is 0 Å². The molecule has 4 nitrogen and oxygen atoms in total. The number of carbonyl (C=O) groups is 2. The quantitative estimate of drug-likeness (QED) is 0.822. The first kappa shape index (κ1) is 14.3. The van der Waals surface area contributed by atoms with Crippen LogP contribution in [0.3, 0.4) is 0 Å². The molecule has 4 unspecified atom stereocenters. The molecule has 110 valence electrons. The predicted molar refractivity (Wildman–Crippen MR) is 82.7 cm³/mol. The number of carboxylic acid groups (broad SMARTS) is 1. The summed E-state index contributed by atoms with van der Waals surface area (Å²) in [6, 6.07) is 7.35. The fourth-order valence-corrected chi connectivity index (χ4v) is 3.85. The number of amides is 1. The zero-order valence-corrected chi connectivity index (χ0v) is 12.9. The van der Waals surface area contributed by atoms with Crippen molar-refractivity contribution >= 4 is 33.5 Å². The number of halogens is 1. The molecule has 0 aromatic heterocycles. The largest absolute Gasteiger partial charge is 0.481 e. The van der Waals surface area contributed by atoms with Crippen LogP contribution in [0.2, 0.25) is 0 Å². The number of carbonyl (C=O) groups excluding carboxylic acids is 1. The van der Waals surface area contributed by atoms with Crippen molar-refractivity contribution in [2.24, 2.45) is 23.7 Å². The normalized spacial score (nSPS) is 30.1. The number of benzene rings is 1. The summed E-state index contributed by atoms with van der Waals surface area (Å²) >= 11 is 3.39. The lowest BCUT2D eigenvalue weighted by atomic mass is 9.62. The van der Waals surface area contributed by atoms with Crippen LogP contribution < -0.4 is 5.32 Å². The summed E-state index contributed by atoms with van der Waals surface area (Å²) in [6.07, 6.45) is 5.73. The summed E-state index contributed by atoms with van der Waals surface area (Å²) < 4.78 is 0.793. The topological polar surface area (TPSA) is 66.4 Å². The highest BCUT2D eigenvalue weighted by Crippen LogP contribution is 2.45. The van der Waals surface area contributed by atoms with Crippen LogP contribution >= 0.6 is 15.9 Å². The van der Waals surface area contributed by atoms with Crippen molar-refractivity contribution in [1.29, 1.82) is 0 Å². The Bertz CT molecular complexity index is 613. The lowest BCUT2D eigenvalue weighted by Gasteiger charge is -2.41. The first-order chi connectivity index (χ1) is 10.1. The van der Waals surface area contributed by atoms with Gasteiger partial charge in [-0.3, -0.25) is 9.59 Å². The molecular formula is C16H16BrNO3. The minimum atomic E-state index is -0.874. The first-order valence-electron chi connectivity index (χ1n) is 7.04. The Morgan fingerprint density at radius 2 is 1.71 bits per heavy atom. The van der Waals surface area contributed by atoms with Crippen molar-refractivity contribution in [1.82, 2.24) is 0 Å². The van der Waals surface area contributed by atoms with Crippen LogP contribution in [-0.2, 0) is 9.59 Å². The third-order valence-corrected chi connectivity index (χ3v) is 5.16. The second-order valence-corrected chi connectivity index (χ2v) is 6.50. The van der Waals surface area contributed by atoms with Gasteiger partial charge >= 0.3 is 5.97 Å². The Labute approximate surface area is 131 Å². The number of hydrogen-bond acceptors (Lipinski definition) is 2. The fraction of sp³-hybridized carbons (Fsp3) is 0.375. The average Bonchev–Trinajstić information content (AvgIpc) is 2.49. The first-order valence-corrected chi connectivity index (χ1v) is 7.84. The fourth-order valence-electron chi connectivity index (χ4n) is 3.47. The minimum Gasteiger partial charge on any atom is -0.481 e. The number of fused-ring (bicyclic) bond motifs is 2. The van der Waals surface area contributed by atoms with Gasteiger partial charge < -0.3 is 10.4 Å². The SMILES string of the molecule is O=C(O)C1C2C=CC(CC2)C1C(=O)Nc1ccccc1Br. The molecule has 0 saturated heterocycles. The maximum absolute atomic E-state index is 12.6. The van der Waals surface area contributed by atoms with Crippen LogP contribution in [-0.4, -0.2) is 17.0 Å². The van der Waals surface area contributed by atoms with Gasteiger partial charge in [-0.25, -0.2) is 0 Å². The van der Waals surface area contributed by atoms with Gasteiger partial charge in [0.2, 0.25) is 5.91 Å². The molecule has 5 heteroatoms. The molecule has 3 aliphatic carbocycles. The van der Waals surface area contributed by atoms with Gasteiger partial charge in [0, 0.05) is 4.47 Å². The molecular weight excluding hydrogens is 334 g/mol. The summed E-state index contributed by atoms with van der Waals surface area (Å²) in [5.41, 5.74) is 0.678. The minimum absolute atomic E-state index is 0.0255. The van der Waals surface area contributed by atoms with E-state index in [9.17, 15) is 14.7 Å². The lowest BCUT2D eigenvalue weighted by molar-refractivity contribution is -0.151. The zero-order chi connectivity index (χ0) is 15.0. The van der Waals surface area contributed by atoms with E-state index in [1.807, 2.05) is 30.4 Å². The molecule has 0 heterocycles. The molecule has 4 rings (SSSR count). The van der Waals surface area contributed by atoms with Gasteiger partial charge in [0.15, 0.2) is 0 Å². The van der Waals surface area contributed by atoms with Gasteiger partial charge in [0.05, 0.1) is 17.5 Å². The van der Waals surface area contributed by atoms with Crippen molar-refractivity contribution in [3.05, 3.63) is 40.9 Å². The molecule has 1 saturated carbocycles. The monoisotopic (exact) mass is 349 g/mol. The third-order valence-electron chi connectivity index (χ3n) is 4.47. The van der Waals surface area contributed by atoms with Crippen LogP contribution in [0.5, 0.6) is 0 Å². The highest BCUT2D eigenvalue weighted by Gasteiger charge is 2.48.